The lowest BCUT2D eigenvalue weighted by Gasteiger charge is -2.19. The van der Waals surface area contributed by atoms with Gasteiger partial charge in [-0.15, -0.1) is 6.58 Å². The van der Waals surface area contributed by atoms with Crippen LogP contribution in [0, 0.1) is 48.3 Å². The quantitative estimate of drug-likeness (QED) is 0.0758. The maximum absolute atomic E-state index is 10.7. The van der Waals surface area contributed by atoms with Gasteiger partial charge in [-0.3, -0.25) is 0 Å². The van der Waals surface area contributed by atoms with Crippen LogP contribution in [0.25, 0.3) is 0 Å². The number of phenolic OH excluding ortho intramolecular Hbond substituents is 2. The van der Waals surface area contributed by atoms with E-state index in [4.69, 9.17) is 9.47 Å². The van der Waals surface area contributed by atoms with Crippen LogP contribution < -0.4 is 9.47 Å². The van der Waals surface area contributed by atoms with Crippen molar-refractivity contribution < 1.29 is 19.7 Å². The molecule has 0 spiro atoms. The lowest BCUT2D eigenvalue weighted by molar-refractivity contribution is 0.313. The Morgan fingerprint density at radius 3 is 1.21 bits per heavy atom. The van der Waals surface area contributed by atoms with Crippen molar-refractivity contribution >= 4 is 0 Å². The van der Waals surface area contributed by atoms with E-state index >= 15 is 0 Å². The molecule has 1 aromatic carbocycles. The van der Waals surface area contributed by atoms with Gasteiger partial charge in [-0.05, 0) is 67.6 Å². The second kappa shape index (κ2) is 27.0. The van der Waals surface area contributed by atoms with Crippen LogP contribution in [-0.2, 0) is 6.42 Å². The van der Waals surface area contributed by atoms with Gasteiger partial charge < -0.3 is 19.7 Å². The summed E-state index contributed by atoms with van der Waals surface area (Å²) in [5, 5.41) is 21.1. The lowest BCUT2D eigenvalue weighted by Crippen LogP contribution is -2.04. The van der Waals surface area contributed by atoms with Crippen molar-refractivity contribution in [1.29, 1.82) is 0 Å². The molecule has 0 saturated carbocycles. The number of benzene rings is 1. The molecule has 0 aliphatic heterocycles. The predicted octanol–water partition coefficient (Wildman–Crippen LogP) is 13.9. The Hall–Kier alpha value is -1.84. The van der Waals surface area contributed by atoms with Crippen LogP contribution in [0.15, 0.2) is 12.7 Å². The average molecular weight is 675 g/mol. The molecule has 0 bridgehead atoms. The van der Waals surface area contributed by atoms with E-state index in [-0.39, 0.29) is 23.0 Å². The van der Waals surface area contributed by atoms with E-state index in [1.165, 1.54) is 111 Å². The van der Waals surface area contributed by atoms with Gasteiger partial charge in [0.1, 0.15) is 0 Å². The fourth-order valence-corrected chi connectivity index (χ4v) is 6.78. The van der Waals surface area contributed by atoms with Crippen molar-refractivity contribution in [3.8, 4) is 23.0 Å². The molecule has 0 heterocycles. The highest BCUT2D eigenvalue weighted by Crippen LogP contribution is 2.48. The Morgan fingerprint density at radius 1 is 0.521 bits per heavy atom. The first-order chi connectivity index (χ1) is 22.7. The van der Waals surface area contributed by atoms with Crippen LogP contribution in [0.1, 0.15) is 176 Å². The molecule has 0 saturated heterocycles. The molecule has 48 heavy (non-hydrogen) atoms. The van der Waals surface area contributed by atoms with Crippen LogP contribution in [0.4, 0.5) is 0 Å². The van der Waals surface area contributed by atoms with Crippen LogP contribution in [0.2, 0.25) is 0 Å². The summed E-state index contributed by atoms with van der Waals surface area (Å²) in [7, 11) is 2.94. The van der Waals surface area contributed by atoms with Crippen molar-refractivity contribution in [2.75, 3.05) is 14.2 Å². The molecule has 0 aliphatic carbocycles. The molecule has 0 fully saturated rings. The van der Waals surface area contributed by atoms with Crippen LogP contribution in [-0.4, -0.2) is 24.4 Å². The Balaban J connectivity index is 0.00000132. The fourth-order valence-electron chi connectivity index (χ4n) is 6.78. The monoisotopic (exact) mass is 675 g/mol. The van der Waals surface area contributed by atoms with Gasteiger partial charge in [0, 0.05) is 11.1 Å². The number of hydrogen-bond donors (Lipinski definition) is 2. The Bertz CT molecular complexity index is 938. The molecule has 2 N–H and O–H groups in total. The molecule has 282 valence electrons. The average Bonchev–Trinajstić information content (AvgIpc) is 3.02. The molecule has 1 rings (SSSR count). The molecule has 4 unspecified atom stereocenters. The molecule has 0 aromatic heterocycles. The number of allylic oxidation sites excluding steroid dienone is 1. The number of phenols is 2. The number of hydrogen-bond acceptors (Lipinski definition) is 4. The molecule has 0 radical (unpaired) electrons. The zero-order valence-corrected chi connectivity index (χ0v) is 34.1. The van der Waals surface area contributed by atoms with Crippen molar-refractivity contribution in [3.05, 3.63) is 23.8 Å². The maximum Gasteiger partial charge on any atom is 0.207 e. The number of aromatic hydroxyl groups is 2. The molecule has 4 nitrogen and oxygen atoms in total. The van der Waals surface area contributed by atoms with Crippen molar-refractivity contribution in [2.45, 2.75) is 178 Å². The molecule has 0 aliphatic rings. The first-order valence-corrected chi connectivity index (χ1v) is 20.0. The summed E-state index contributed by atoms with van der Waals surface area (Å²) in [5.41, 5.74) is 1.42. The molecule has 1 aromatic rings. The summed E-state index contributed by atoms with van der Waals surface area (Å²) in [6, 6.07) is 0. The van der Waals surface area contributed by atoms with Crippen LogP contribution in [0.3, 0.4) is 0 Å². The molecule has 4 atom stereocenters. The van der Waals surface area contributed by atoms with E-state index in [2.05, 4.69) is 75.0 Å². The summed E-state index contributed by atoms with van der Waals surface area (Å²) in [6.07, 6.45) is 24.0. The number of ether oxygens (including phenoxy) is 2. The standard InChI is InChI=1S/C30H52O4.C14H30/c1-9-21(2)13-10-14-22(3)15-11-16-23(4)17-12-18-24(5)19-20-26-25(6)27(31)29(33-7)30(34-8)28(26)32;1-12(2)8-6-10-14(5)11-7-9-13(3)4/h9,21-24,31-32H,1,10-20H2,2-8H3;12-14H,6-11H2,1-5H3. The minimum absolute atomic E-state index is 0.0502. The zero-order valence-electron chi connectivity index (χ0n) is 34.1. The van der Waals surface area contributed by atoms with E-state index in [9.17, 15) is 10.2 Å². The van der Waals surface area contributed by atoms with Gasteiger partial charge in [-0.1, -0.05) is 158 Å². The smallest absolute Gasteiger partial charge is 0.207 e. The van der Waals surface area contributed by atoms with Crippen molar-refractivity contribution in [3.63, 3.8) is 0 Å². The van der Waals surface area contributed by atoms with E-state index < -0.39 is 0 Å². The van der Waals surface area contributed by atoms with Crippen molar-refractivity contribution in [1.82, 2.24) is 0 Å². The topological polar surface area (TPSA) is 58.9 Å². The van der Waals surface area contributed by atoms with Gasteiger partial charge in [0.25, 0.3) is 0 Å². The molecule has 4 heteroatoms. The third kappa shape index (κ3) is 20.6. The van der Waals surface area contributed by atoms with E-state index in [0.717, 1.165) is 41.6 Å². The summed E-state index contributed by atoms with van der Waals surface area (Å²) in [6.45, 7) is 26.8. The number of methoxy groups -OCH3 is 2. The minimum Gasteiger partial charge on any atom is -0.504 e. The maximum atomic E-state index is 10.7. The van der Waals surface area contributed by atoms with Gasteiger partial charge in [0.2, 0.25) is 11.5 Å². The molecule has 0 amide bonds. The van der Waals surface area contributed by atoms with Crippen LogP contribution >= 0.6 is 0 Å². The summed E-state index contributed by atoms with van der Waals surface area (Å²) in [4.78, 5) is 0. The first-order valence-electron chi connectivity index (χ1n) is 20.0. The summed E-state index contributed by atoms with van der Waals surface area (Å²) < 4.78 is 10.5. The Kier molecular flexibility index (Phi) is 25.9. The highest BCUT2D eigenvalue weighted by molar-refractivity contribution is 5.65. The van der Waals surface area contributed by atoms with Crippen LogP contribution in [0.5, 0.6) is 23.0 Å². The van der Waals surface area contributed by atoms with E-state index in [1.54, 1.807) is 0 Å². The van der Waals surface area contributed by atoms with Gasteiger partial charge in [0.05, 0.1) is 14.2 Å². The van der Waals surface area contributed by atoms with Gasteiger partial charge >= 0.3 is 0 Å². The second-order valence-corrected chi connectivity index (χ2v) is 16.5. The van der Waals surface area contributed by atoms with E-state index in [1.807, 2.05) is 6.92 Å². The summed E-state index contributed by atoms with van der Waals surface area (Å²) in [5.74, 6) is 6.10. The summed E-state index contributed by atoms with van der Waals surface area (Å²) >= 11 is 0. The largest absolute Gasteiger partial charge is 0.504 e. The fraction of sp³-hybridized carbons (Fsp3) is 0.818. The highest BCUT2D eigenvalue weighted by Gasteiger charge is 2.23. The molecular weight excluding hydrogens is 592 g/mol. The Labute approximate surface area is 299 Å². The number of rotatable bonds is 26. The first kappa shape index (κ1) is 46.2. The normalized spacial score (nSPS) is 14.1. The second-order valence-electron chi connectivity index (χ2n) is 16.5. The zero-order chi connectivity index (χ0) is 36.6. The van der Waals surface area contributed by atoms with Gasteiger partial charge in [-0.2, -0.15) is 0 Å². The Morgan fingerprint density at radius 2 is 0.854 bits per heavy atom. The van der Waals surface area contributed by atoms with Crippen molar-refractivity contribution in [2.24, 2.45) is 41.4 Å². The predicted molar refractivity (Wildman–Crippen MR) is 211 cm³/mol. The third-order valence-corrected chi connectivity index (χ3v) is 10.5. The lowest BCUT2D eigenvalue weighted by atomic mass is 9.89. The van der Waals surface area contributed by atoms with Gasteiger partial charge in [0.15, 0.2) is 11.5 Å². The SMILES string of the molecule is C=CC(C)CCCC(C)CCCC(C)CCCC(C)CCc1c(C)c(O)c(OC)c(OC)c1O.CC(C)CCCC(C)CCCC(C)C. The van der Waals surface area contributed by atoms with E-state index in [0.29, 0.717) is 23.8 Å². The third-order valence-electron chi connectivity index (χ3n) is 10.5. The molecular formula is C44H82O4. The van der Waals surface area contributed by atoms with Gasteiger partial charge in [-0.25, -0.2) is 0 Å². The minimum atomic E-state index is 0.0502. The highest BCUT2D eigenvalue weighted by atomic mass is 16.5.